The molecule has 8 heteroatoms. The molecule has 0 spiro atoms. The average Bonchev–Trinajstić information content (AvgIpc) is 2.78. The van der Waals surface area contributed by atoms with Crippen LogP contribution in [0.5, 0.6) is 0 Å². The molecule has 2 aromatic carbocycles. The van der Waals surface area contributed by atoms with Crippen molar-refractivity contribution in [2.24, 2.45) is 0 Å². The minimum atomic E-state index is -1.29. The number of hydrogen-bond acceptors (Lipinski definition) is 5. The van der Waals surface area contributed by atoms with Crippen LogP contribution in [0.15, 0.2) is 36.4 Å². The fraction of sp³-hybridized carbons (Fsp3) is 0.483. The minimum absolute atomic E-state index is 0.387. The van der Waals surface area contributed by atoms with Gasteiger partial charge in [0.2, 0.25) is 5.91 Å². The molecule has 0 bridgehead atoms. The molecule has 202 valence electrons. The molecule has 0 aliphatic carbocycles. The number of alkyl carbamates (subject to hydrolysis) is 1. The Morgan fingerprint density at radius 2 is 1.57 bits per heavy atom. The summed E-state index contributed by atoms with van der Waals surface area (Å²) in [5.74, 6) is -0.979. The third-order valence-electron chi connectivity index (χ3n) is 5.97. The number of nitrogens with zero attached hydrogens (tertiary/aromatic N) is 1. The number of nitrogens with one attached hydrogen (secondary N) is 2. The SMILES string of the molecule is Cc1ccc(C)c(C(C(=O)Nc2c(C)cccc2C)N(C(=O)C(CO)NC(=O)OC(C)(C)C)C(C)C)c1. The van der Waals surface area contributed by atoms with Crippen LogP contribution in [0.3, 0.4) is 0 Å². The largest absolute Gasteiger partial charge is 0.444 e. The number of para-hydroxylation sites is 1. The summed E-state index contributed by atoms with van der Waals surface area (Å²) in [7, 11) is 0. The molecule has 0 saturated carbocycles. The van der Waals surface area contributed by atoms with Gasteiger partial charge in [0.15, 0.2) is 0 Å². The van der Waals surface area contributed by atoms with Gasteiger partial charge in [0.1, 0.15) is 17.7 Å². The van der Waals surface area contributed by atoms with E-state index >= 15 is 0 Å². The summed E-state index contributed by atoms with van der Waals surface area (Å²) in [5, 5.41) is 15.6. The summed E-state index contributed by atoms with van der Waals surface area (Å²) in [6, 6.07) is 8.75. The molecule has 0 fully saturated rings. The van der Waals surface area contributed by atoms with Crippen molar-refractivity contribution in [1.29, 1.82) is 0 Å². The molecule has 0 aromatic heterocycles. The Morgan fingerprint density at radius 1 is 0.973 bits per heavy atom. The predicted octanol–water partition coefficient (Wildman–Crippen LogP) is 4.72. The van der Waals surface area contributed by atoms with Crippen molar-refractivity contribution < 1.29 is 24.2 Å². The van der Waals surface area contributed by atoms with Crippen LogP contribution in [0.4, 0.5) is 10.5 Å². The summed E-state index contributed by atoms with van der Waals surface area (Å²) < 4.78 is 5.28. The van der Waals surface area contributed by atoms with Crippen LogP contribution >= 0.6 is 0 Å². The summed E-state index contributed by atoms with van der Waals surface area (Å²) in [6.07, 6.45) is -0.827. The molecule has 0 heterocycles. The molecule has 8 nitrogen and oxygen atoms in total. The van der Waals surface area contributed by atoms with Crippen LogP contribution < -0.4 is 10.6 Å². The van der Waals surface area contributed by atoms with Gasteiger partial charge in [0, 0.05) is 11.7 Å². The van der Waals surface area contributed by atoms with E-state index in [0.29, 0.717) is 11.3 Å². The Kier molecular flexibility index (Phi) is 9.87. The number of carbonyl (C=O) groups excluding carboxylic acids is 3. The van der Waals surface area contributed by atoms with E-state index in [1.165, 1.54) is 4.90 Å². The van der Waals surface area contributed by atoms with E-state index in [9.17, 15) is 19.5 Å². The fourth-order valence-corrected chi connectivity index (χ4v) is 4.17. The summed E-state index contributed by atoms with van der Waals surface area (Å²) in [4.78, 5) is 41.6. The van der Waals surface area contributed by atoms with Crippen molar-refractivity contribution in [1.82, 2.24) is 10.2 Å². The van der Waals surface area contributed by atoms with E-state index in [1.807, 2.05) is 64.1 Å². The first kappa shape index (κ1) is 29.8. The van der Waals surface area contributed by atoms with Gasteiger partial charge in [-0.3, -0.25) is 9.59 Å². The standard InChI is InChI=1S/C29H41N3O5/c1-17(2)32(27(35)23(16-33)30-28(36)37-29(7,8)9)25(22-15-18(3)13-14-19(22)4)26(34)31-24-20(5)11-10-12-21(24)6/h10-15,17,23,25,33H,16H2,1-9H3,(H,30,36)(H,31,34). The second-order valence-corrected chi connectivity index (χ2v) is 10.7. The molecule has 3 N–H and O–H groups in total. The maximum absolute atomic E-state index is 14.0. The van der Waals surface area contributed by atoms with Gasteiger partial charge in [-0.25, -0.2) is 4.79 Å². The zero-order chi connectivity index (χ0) is 28.1. The molecule has 2 aromatic rings. The average molecular weight is 512 g/mol. The molecule has 2 rings (SSSR count). The maximum Gasteiger partial charge on any atom is 0.408 e. The van der Waals surface area contributed by atoms with E-state index in [1.54, 1.807) is 34.6 Å². The second-order valence-electron chi connectivity index (χ2n) is 10.7. The van der Waals surface area contributed by atoms with E-state index < -0.39 is 42.3 Å². The van der Waals surface area contributed by atoms with Gasteiger partial charge >= 0.3 is 6.09 Å². The Hall–Kier alpha value is -3.39. The molecular weight excluding hydrogens is 470 g/mol. The molecule has 0 radical (unpaired) electrons. The van der Waals surface area contributed by atoms with E-state index in [2.05, 4.69) is 10.6 Å². The van der Waals surface area contributed by atoms with E-state index in [4.69, 9.17) is 4.74 Å². The van der Waals surface area contributed by atoms with Gasteiger partial charge in [-0.2, -0.15) is 0 Å². The van der Waals surface area contributed by atoms with Crippen LogP contribution in [0.25, 0.3) is 0 Å². The lowest BCUT2D eigenvalue weighted by Gasteiger charge is -2.37. The van der Waals surface area contributed by atoms with Crippen LogP contribution in [-0.2, 0) is 14.3 Å². The Morgan fingerprint density at radius 3 is 2.08 bits per heavy atom. The number of aliphatic hydroxyl groups excluding tert-OH is 1. The van der Waals surface area contributed by atoms with Crippen molar-refractivity contribution in [3.63, 3.8) is 0 Å². The van der Waals surface area contributed by atoms with Crippen LogP contribution in [0.1, 0.15) is 68.5 Å². The Labute approximate surface area is 220 Å². The molecule has 3 amide bonds. The number of rotatable bonds is 8. The lowest BCUT2D eigenvalue weighted by atomic mass is 9.95. The van der Waals surface area contributed by atoms with Gasteiger partial charge in [-0.05, 0) is 84.6 Å². The third-order valence-corrected chi connectivity index (χ3v) is 5.97. The summed E-state index contributed by atoms with van der Waals surface area (Å²) in [6.45, 7) is 15.7. The highest BCUT2D eigenvalue weighted by Gasteiger charge is 2.38. The summed E-state index contributed by atoms with van der Waals surface area (Å²) in [5.41, 5.74) is 4.14. The van der Waals surface area contributed by atoms with Crippen molar-refractivity contribution >= 4 is 23.6 Å². The lowest BCUT2D eigenvalue weighted by Crippen LogP contribution is -2.55. The number of carbonyl (C=O) groups is 3. The molecular formula is C29H41N3O5. The normalized spacial score (nSPS) is 13.1. The topological polar surface area (TPSA) is 108 Å². The van der Waals surface area contributed by atoms with Crippen molar-refractivity contribution in [3.8, 4) is 0 Å². The number of aliphatic hydroxyl groups is 1. The van der Waals surface area contributed by atoms with Gasteiger partial charge in [0.25, 0.3) is 5.91 Å². The lowest BCUT2D eigenvalue weighted by molar-refractivity contribution is -0.143. The number of hydrogen-bond donors (Lipinski definition) is 3. The fourth-order valence-electron chi connectivity index (χ4n) is 4.17. The number of anilines is 1. The molecule has 0 saturated heterocycles. The van der Waals surface area contributed by atoms with Crippen LogP contribution in [0.2, 0.25) is 0 Å². The Balaban J connectivity index is 2.57. The first-order valence-corrected chi connectivity index (χ1v) is 12.5. The van der Waals surface area contributed by atoms with Crippen molar-refractivity contribution in [2.75, 3.05) is 11.9 Å². The van der Waals surface area contributed by atoms with Crippen LogP contribution in [-0.4, -0.2) is 52.2 Å². The van der Waals surface area contributed by atoms with Gasteiger partial charge < -0.3 is 25.4 Å². The highest BCUT2D eigenvalue weighted by atomic mass is 16.6. The maximum atomic E-state index is 14.0. The highest BCUT2D eigenvalue weighted by molar-refractivity contribution is 6.00. The first-order valence-electron chi connectivity index (χ1n) is 12.5. The zero-order valence-corrected chi connectivity index (χ0v) is 23.4. The minimum Gasteiger partial charge on any atom is -0.444 e. The third kappa shape index (κ3) is 7.79. The zero-order valence-electron chi connectivity index (χ0n) is 23.4. The molecule has 2 unspecified atom stereocenters. The van der Waals surface area contributed by atoms with Gasteiger partial charge in [0.05, 0.1) is 6.61 Å². The number of benzene rings is 2. The highest BCUT2D eigenvalue weighted by Crippen LogP contribution is 2.30. The quantitative estimate of drug-likeness (QED) is 0.475. The summed E-state index contributed by atoms with van der Waals surface area (Å²) >= 11 is 0. The number of amides is 3. The molecule has 2 atom stereocenters. The van der Waals surface area contributed by atoms with E-state index in [0.717, 1.165) is 22.3 Å². The van der Waals surface area contributed by atoms with Crippen LogP contribution in [0, 0.1) is 27.7 Å². The van der Waals surface area contributed by atoms with Gasteiger partial charge in [-0.15, -0.1) is 0 Å². The first-order chi connectivity index (χ1) is 17.2. The second kappa shape index (κ2) is 12.2. The number of ether oxygens (including phenoxy) is 1. The molecule has 37 heavy (non-hydrogen) atoms. The van der Waals surface area contributed by atoms with Crippen molar-refractivity contribution in [3.05, 3.63) is 64.2 Å². The predicted molar refractivity (Wildman–Crippen MR) is 145 cm³/mol. The monoisotopic (exact) mass is 511 g/mol. The Bertz CT molecular complexity index is 1120. The van der Waals surface area contributed by atoms with Gasteiger partial charge in [-0.1, -0.05) is 42.0 Å². The van der Waals surface area contributed by atoms with Crippen molar-refractivity contribution in [2.45, 2.75) is 86.0 Å². The number of aryl methyl sites for hydroxylation is 4. The molecule has 0 aliphatic rings. The smallest absolute Gasteiger partial charge is 0.408 e. The molecule has 0 aliphatic heterocycles. The van der Waals surface area contributed by atoms with E-state index in [-0.39, 0.29) is 5.91 Å².